The summed E-state index contributed by atoms with van der Waals surface area (Å²) >= 11 is 7.54. The third kappa shape index (κ3) is 3.68. The molecule has 0 aliphatic rings. The fraction of sp³-hybridized carbons (Fsp3) is 0.714. The van der Waals surface area contributed by atoms with Gasteiger partial charge in [-0.3, -0.25) is 13.6 Å². The molecular formula is C7H15N3O3S3. The van der Waals surface area contributed by atoms with Gasteiger partial charge in [-0.2, -0.15) is 4.21 Å². The average Bonchev–Trinajstić information content (AvgIpc) is 2.09. The number of thiocarbonyl (C=S) groups is 2. The van der Waals surface area contributed by atoms with Crippen molar-refractivity contribution in [3.05, 3.63) is 0 Å². The van der Waals surface area contributed by atoms with E-state index in [-0.39, 0.29) is 23.0 Å². The number of likely N-dealkylation sites (N-methyl/N-ethyl adjacent to an activating group) is 1. The third-order valence-corrected chi connectivity index (χ3v) is 3.27. The average molecular weight is 285 g/mol. The molecule has 0 aromatic carbocycles. The van der Waals surface area contributed by atoms with Crippen molar-refractivity contribution in [1.29, 1.82) is 0 Å². The third-order valence-electron chi connectivity index (χ3n) is 2.23. The Morgan fingerprint density at radius 1 is 1.44 bits per heavy atom. The fourth-order valence-corrected chi connectivity index (χ4v) is 2.37. The molecule has 0 bridgehead atoms. The van der Waals surface area contributed by atoms with Crippen LogP contribution in [0, 0.1) is 0 Å². The van der Waals surface area contributed by atoms with Crippen LogP contribution in [-0.4, -0.2) is 49.9 Å². The normalized spacial score (nSPS) is 13.8. The van der Waals surface area contributed by atoms with E-state index in [9.17, 15) is 4.21 Å². The molecule has 0 aromatic heterocycles. The summed E-state index contributed by atoms with van der Waals surface area (Å²) in [5.74, 6) is 0. The zero-order chi connectivity index (χ0) is 12.9. The number of hydrogen-bond donors (Lipinski definition) is 3. The molecule has 0 fully saturated rings. The monoisotopic (exact) mass is 285 g/mol. The summed E-state index contributed by atoms with van der Waals surface area (Å²) in [6.07, 6.45) is 0.219. The summed E-state index contributed by atoms with van der Waals surface area (Å²) in [4.78, 5) is 1.89. The molecule has 0 aliphatic carbocycles. The molecule has 1 atom stereocenters. The Hall–Kier alpha value is -0.190. The molecule has 0 radical (unpaired) electrons. The molecule has 0 aliphatic heterocycles. The molecule has 16 heavy (non-hydrogen) atoms. The van der Waals surface area contributed by atoms with Gasteiger partial charge >= 0.3 is 11.4 Å². The van der Waals surface area contributed by atoms with Crippen LogP contribution >= 0.6 is 24.4 Å². The van der Waals surface area contributed by atoms with Gasteiger partial charge in [-0.25, -0.2) is 0 Å². The van der Waals surface area contributed by atoms with Gasteiger partial charge in [0.25, 0.3) is 0 Å². The molecule has 0 spiro atoms. The lowest BCUT2D eigenvalue weighted by Gasteiger charge is -2.37. The lowest BCUT2D eigenvalue weighted by Crippen LogP contribution is -2.61. The Kier molecular flexibility index (Phi) is 6.44. The van der Waals surface area contributed by atoms with E-state index >= 15 is 0 Å². The van der Waals surface area contributed by atoms with Crippen LogP contribution in [0.1, 0.15) is 6.42 Å². The zero-order valence-electron chi connectivity index (χ0n) is 9.00. The van der Waals surface area contributed by atoms with Crippen LogP contribution in [0.25, 0.3) is 0 Å². The molecule has 6 nitrogen and oxygen atoms in total. The lowest BCUT2D eigenvalue weighted by atomic mass is 9.94. The highest BCUT2D eigenvalue weighted by atomic mass is 32.2. The highest BCUT2D eigenvalue weighted by molar-refractivity contribution is 7.82. The van der Waals surface area contributed by atoms with Gasteiger partial charge in [-0.1, -0.05) is 24.4 Å². The van der Waals surface area contributed by atoms with Crippen LogP contribution < -0.4 is 11.5 Å². The molecule has 0 saturated heterocycles. The van der Waals surface area contributed by atoms with Gasteiger partial charge in [0.05, 0.1) is 6.61 Å². The fourth-order valence-electron chi connectivity index (χ4n) is 1.29. The van der Waals surface area contributed by atoms with Crippen molar-refractivity contribution in [3.63, 3.8) is 0 Å². The van der Waals surface area contributed by atoms with Gasteiger partial charge in [0, 0.05) is 6.42 Å². The van der Waals surface area contributed by atoms with Gasteiger partial charge < -0.3 is 11.5 Å². The highest BCUT2D eigenvalue weighted by Crippen LogP contribution is 2.19. The predicted octanol–water partition coefficient (Wildman–Crippen LogP) is -0.598. The highest BCUT2D eigenvalue weighted by Gasteiger charge is 2.39. The van der Waals surface area contributed by atoms with E-state index in [0.29, 0.717) is 0 Å². The number of nitrogens with two attached hydrogens (primary N) is 2. The number of nitrogens with zero attached hydrogens (tertiary/aromatic N) is 1. The Labute approximate surface area is 108 Å². The van der Waals surface area contributed by atoms with E-state index in [1.165, 1.54) is 0 Å². The first kappa shape index (κ1) is 15.8. The first-order valence-corrected chi connectivity index (χ1v) is 6.11. The standard InChI is InChI=1S/C7H15N3O3S3/c1-10(2)7(5(8)14,6(9)15)3-4-13-16(11)12/h3-4H2,1-2H3,(H2,8,14)(H2,9,15)(H,11,12). The van der Waals surface area contributed by atoms with Crippen molar-refractivity contribution in [2.24, 2.45) is 11.5 Å². The van der Waals surface area contributed by atoms with Gasteiger partial charge in [-0.15, -0.1) is 0 Å². The van der Waals surface area contributed by atoms with E-state index in [1.54, 1.807) is 19.0 Å². The van der Waals surface area contributed by atoms with Crippen LogP contribution in [0.4, 0.5) is 0 Å². The zero-order valence-corrected chi connectivity index (χ0v) is 11.5. The number of hydrogen-bond acceptors (Lipinski definition) is 5. The SMILES string of the molecule is CN(C)C(CCOS(=O)O)(C(N)=S)C(N)=S. The van der Waals surface area contributed by atoms with Gasteiger partial charge in [0.15, 0.2) is 0 Å². The van der Waals surface area contributed by atoms with Gasteiger partial charge in [-0.05, 0) is 14.1 Å². The largest absolute Gasteiger partial charge is 0.391 e. The van der Waals surface area contributed by atoms with Crippen molar-refractivity contribution in [3.8, 4) is 0 Å². The quantitative estimate of drug-likeness (QED) is 0.421. The molecular weight excluding hydrogens is 270 g/mol. The Morgan fingerprint density at radius 3 is 2.12 bits per heavy atom. The van der Waals surface area contributed by atoms with Crippen LogP contribution in [-0.2, 0) is 15.5 Å². The second-order valence-electron chi connectivity index (χ2n) is 3.27. The molecule has 0 amide bonds. The van der Waals surface area contributed by atoms with E-state index in [4.69, 9.17) is 40.5 Å². The molecule has 9 heteroatoms. The molecule has 1 unspecified atom stereocenters. The Bertz CT molecular complexity index is 294. The first-order valence-electron chi connectivity index (χ1n) is 4.26. The summed E-state index contributed by atoms with van der Waals surface area (Å²) < 4.78 is 23.3. The van der Waals surface area contributed by atoms with Crippen molar-refractivity contribution >= 4 is 45.8 Å². The summed E-state index contributed by atoms with van der Waals surface area (Å²) in [6.45, 7) is -0.0318. The molecule has 0 aromatic rings. The van der Waals surface area contributed by atoms with E-state index in [2.05, 4.69) is 4.18 Å². The molecule has 0 rings (SSSR count). The minimum Gasteiger partial charge on any atom is -0.391 e. The topological polar surface area (TPSA) is 102 Å². The summed E-state index contributed by atoms with van der Waals surface area (Å²) in [6, 6.07) is 0. The first-order chi connectivity index (χ1) is 7.25. The van der Waals surface area contributed by atoms with Crippen molar-refractivity contribution in [2.45, 2.75) is 12.0 Å². The predicted molar refractivity (Wildman–Crippen MR) is 71.3 cm³/mol. The Balaban J connectivity index is 4.85. The van der Waals surface area contributed by atoms with Crippen molar-refractivity contribution in [2.75, 3.05) is 20.7 Å². The number of rotatable bonds is 7. The minimum atomic E-state index is -2.33. The van der Waals surface area contributed by atoms with Gasteiger partial charge in [0.1, 0.15) is 15.5 Å². The molecule has 0 saturated carbocycles. The maximum atomic E-state index is 10.3. The van der Waals surface area contributed by atoms with E-state index in [1.807, 2.05) is 0 Å². The van der Waals surface area contributed by atoms with Crippen LogP contribution in [0.15, 0.2) is 0 Å². The molecule has 94 valence electrons. The minimum absolute atomic E-state index is 0.0318. The maximum Gasteiger partial charge on any atom is 0.301 e. The summed E-state index contributed by atoms with van der Waals surface area (Å²) in [5.41, 5.74) is 10.3. The summed E-state index contributed by atoms with van der Waals surface area (Å²) in [7, 11) is 3.43. The van der Waals surface area contributed by atoms with Crippen LogP contribution in [0.5, 0.6) is 0 Å². The molecule has 5 N–H and O–H groups in total. The Morgan fingerprint density at radius 2 is 1.88 bits per heavy atom. The molecule has 0 heterocycles. The van der Waals surface area contributed by atoms with Gasteiger partial charge in [0.2, 0.25) is 0 Å². The van der Waals surface area contributed by atoms with E-state index < -0.39 is 16.9 Å². The lowest BCUT2D eigenvalue weighted by molar-refractivity contribution is 0.228. The smallest absolute Gasteiger partial charge is 0.301 e. The van der Waals surface area contributed by atoms with Crippen LogP contribution in [0.2, 0.25) is 0 Å². The second-order valence-corrected chi connectivity index (χ2v) is 4.82. The van der Waals surface area contributed by atoms with E-state index in [0.717, 1.165) is 0 Å². The summed E-state index contributed by atoms with van der Waals surface area (Å²) in [5, 5.41) is 0. The van der Waals surface area contributed by atoms with Crippen LogP contribution in [0.3, 0.4) is 0 Å². The van der Waals surface area contributed by atoms with Crippen molar-refractivity contribution in [1.82, 2.24) is 4.90 Å². The van der Waals surface area contributed by atoms with Crippen molar-refractivity contribution < 1.29 is 12.9 Å². The second kappa shape index (κ2) is 6.52. The maximum absolute atomic E-state index is 10.3.